The lowest BCUT2D eigenvalue weighted by molar-refractivity contribution is -0.122. The number of amides is 1. The van der Waals surface area contributed by atoms with Gasteiger partial charge in [-0.05, 0) is 58.0 Å². The fraction of sp³-hybridized carbons (Fsp3) is 0.207. The quantitative estimate of drug-likeness (QED) is 0.331. The number of aliphatic hydroxyl groups excluding tert-OH is 1. The molecule has 0 saturated heterocycles. The third-order valence-electron chi connectivity index (χ3n) is 6.72. The predicted octanol–water partition coefficient (Wildman–Crippen LogP) is 4.55. The van der Waals surface area contributed by atoms with Crippen molar-refractivity contribution in [3.63, 3.8) is 0 Å². The van der Waals surface area contributed by atoms with Crippen LogP contribution in [0, 0.1) is 0 Å². The first-order valence-electron chi connectivity index (χ1n) is 12.0. The first-order chi connectivity index (χ1) is 17.4. The number of rotatable bonds is 8. The number of hydrogen-bond donors (Lipinski definition) is 3. The molecule has 6 nitrogen and oxygen atoms in total. The van der Waals surface area contributed by atoms with Crippen LogP contribution in [0.25, 0.3) is 10.8 Å². The van der Waals surface area contributed by atoms with Crippen LogP contribution >= 0.6 is 0 Å². The van der Waals surface area contributed by atoms with Crippen molar-refractivity contribution in [2.24, 2.45) is 0 Å². The van der Waals surface area contributed by atoms with Crippen LogP contribution < -0.4 is 10.0 Å². The van der Waals surface area contributed by atoms with Gasteiger partial charge in [0.15, 0.2) is 0 Å². The number of carbonyl (C=O) groups is 1. The van der Waals surface area contributed by atoms with E-state index in [-0.39, 0.29) is 29.9 Å². The highest BCUT2D eigenvalue weighted by Gasteiger charge is 2.28. The number of hydrogen-bond acceptors (Lipinski definition) is 4. The van der Waals surface area contributed by atoms with E-state index in [0.29, 0.717) is 0 Å². The fourth-order valence-corrected chi connectivity index (χ4v) is 6.12. The van der Waals surface area contributed by atoms with Crippen LogP contribution in [0.15, 0.2) is 95.9 Å². The first kappa shape index (κ1) is 24.2. The first-order valence-corrected chi connectivity index (χ1v) is 13.5. The van der Waals surface area contributed by atoms with E-state index in [1.54, 1.807) is 18.2 Å². The molecule has 4 aromatic carbocycles. The van der Waals surface area contributed by atoms with Crippen LogP contribution in [-0.4, -0.2) is 19.4 Å². The van der Waals surface area contributed by atoms with Crippen molar-refractivity contribution < 1.29 is 18.3 Å². The second-order valence-electron chi connectivity index (χ2n) is 9.15. The van der Waals surface area contributed by atoms with E-state index in [9.17, 15) is 18.3 Å². The van der Waals surface area contributed by atoms with Gasteiger partial charge in [-0.2, -0.15) is 0 Å². The molecule has 1 amide bonds. The fourth-order valence-electron chi connectivity index (χ4n) is 4.86. The summed E-state index contributed by atoms with van der Waals surface area (Å²) >= 11 is 0. The summed E-state index contributed by atoms with van der Waals surface area (Å²) in [7, 11) is -3.88. The van der Waals surface area contributed by atoms with Crippen LogP contribution in [0.4, 0.5) is 0 Å². The smallest absolute Gasteiger partial charge is 0.241 e. The van der Waals surface area contributed by atoms with Gasteiger partial charge >= 0.3 is 0 Å². The molecule has 0 radical (unpaired) electrons. The Morgan fingerprint density at radius 3 is 2.44 bits per heavy atom. The molecule has 36 heavy (non-hydrogen) atoms. The van der Waals surface area contributed by atoms with E-state index >= 15 is 0 Å². The number of aliphatic hydroxyl groups is 1. The standard InChI is InChI=1S/C29H28N2O4S/c32-19-20-10-14-26-24(16-20)12-15-27(26)30-29(33)18-28(22-7-2-1-3-8-22)31-36(34,35)25-13-11-21-6-4-5-9-23(21)17-25/h1-11,13-14,16-17,27-28,31-32H,12,15,18-19H2,(H,30,33)/t27-,28-/m1/s1. The minimum Gasteiger partial charge on any atom is -0.392 e. The zero-order valence-electron chi connectivity index (χ0n) is 19.7. The summed E-state index contributed by atoms with van der Waals surface area (Å²) in [5, 5.41) is 14.3. The Morgan fingerprint density at radius 2 is 1.67 bits per heavy atom. The third kappa shape index (κ3) is 5.18. The summed E-state index contributed by atoms with van der Waals surface area (Å²) in [6.07, 6.45) is 1.57. The van der Waals surface area contributed by atoms with Crippen molar-refractivity contribution in [1.29, 1.82) is 0 Å². The van der Waals surface area contributed by atoms with E-state index in [2.05, 4.69) is 10.0 Å². The molecule has 7 heteroatoms. The van der Waals surface area contributed by atoms with Crippen molar-refractivity contribution >= 4 is 26.7 Å². The third-order valence-corrected chi connectivity index (χ3v) is 8.19. The summed E-state index contributed by atoms with van der Waals surface area (Å²) in [6.45, 7) is -0.0135. The van der Waals surface area contributed by atoms with Crippen molar-refractivity contribution in [2.45, 2.75) is 42.8 Å². The molecule has 2 atom stereocenters. The average molecular weight is 501 g/mol. The molecule has 4 aromatic rings. The number of benzene rings is 4. The normalized spacial score (nSPS) is 16.0. The molecular formula is C29H28N2O4S. The number of carbonyl (C=O) groups excluding carboxylic acids is 1. The minimum atomic E-state index is -3.88. The SMILES string of the molecule is O=C(C[C@@H](NS(=O)(=O)c1ccc2ccccc2c1)c1ccccc1)N[C@@H]1CCc2cc(CO)ccc21. The minimum absolute atomic E-state index is 0.0135. The Kier molecular flexibility index (Phi) is 6.87. The molecular weight excluding hydrogens is 472 g/mol. The van der Waals surface area contributed by atoms with Crippen molar-refractivity contribution in [3.05, 3.63) is 113 Å². The van der Waals surface area contributed by atoms with Crippen molar-refractivity contribution in [1.82, 2.24) is 10.0 Å². The van der Waals surface area contributed by atoms with E-state index in [4.69, 9.17) is 0 Å². The molecule has 184 valence electrons. The number of nitrogens with one attached hydrogen (secondary N) is 2. The van der Waals surface area contributed by atoms with Gasteiger partial charge in [0.2, 0.25) is 15.9 Å². The second kappa shape index (κ2) is 10.2. The monoisotopic (exact) mass is 500 g/mol. The van der Waals surface area contributed by atoms with Gasteiger partial charge in [-0.1, -0.05) is 78.9 Å². The summed E-state index contributed by atoms with van der Waals surface area (Å²) in [4.78, 5) is 13.3. The van der Waals surface area contributed by atoms with E-state index in [0.717, 1.165) is 45.9 Å². The zero-order chi connectivity index (χ0) is 25.1. The lowest BCUT2D eigenvalue weighted by Gasteiger charge is -2.21. The highest BCUT2D eigenvalue weighted by molar-refractivity contribution is 7.89. The molecule has 0 aliphatic heterocycles. The summed E-state index contributed by atoms with van der Waals surface area (Å²) in [5.74, 6) is -0.228. The van der Waals surface area contributed by atoms with E-state index in [1.165, 1.54) is 0 Å². The van der Waals surface area contributed by atoms with Gasteiger partial charge in [-0.3, -0.25) is 4.79 Å². The molecule has 0 heterocycles. The van der Waals surface area contributed by atoms with Gasteiger partial charge in [0.05, 0.1) is 23.6 Å². The summed E-state index contributed by atoms with van der Waals surface area (Å²) in [5.41, 5.74) is 3.75. The number of aryl methyl sites for hydroxylation is 1. The Hall–Kier alpha value is -3.52. The van der Waals surface area contributed by atoms with Crippen molar-refractivity contribution in [3.8, 4) is 0 Å². The summed E-state index contributed by atoms with van der Waals surface area (Å²) in [6, 6.07) is 26.7. The molecule has 0 fully saturated rings. The lowest BCUT2D eigenvalue weighted by atomic mass is 10.0. The maximum atomic E-state index is 13.3. The molecule has 0 unspecified atom stereocenters. The summed E-state index contributed by atoms with van der Waals surface area (Å²) < 4.78 is 29.5. The average Bonchev–Trinajstić information content (AvgIpc) is 3.30. The topological polar surface area (TPSA) is 95.5 Å². The molecule has 3 N–H and O–H groups in total. The van der Waals surface area contributed by atoms with E-state index < -0.39 is 16.1 Å². The Morgan fingerprint density at radius 1 is 0.917 bits per heavy atom. The predicted molar refractivity (Wildman–Crippen MR) is 140 cm³/mol. The molecule has 0 aromatic heterocycles. The van der Waals surface area contributed by atoms with Crippen LogP contribution in [0.1, 0.15) is 47.2 Å². The lowest BCUT2D eigenvalue weighted by Crippen LogP contribution is -2.35. The van der Waals surface area contributed by atoms with Gasteiger partial charge in [-0.15, -0.1) is 0 Å². The van der Waals surface area contributed by atoms with Crippen LogP contribution in [0.2, 0.25) is 0 Å². The van der Waals surface area contributed by atoms with Gasteiger partial charge < -0.3 is 10.4 Å². The van der Waals surface area contributed by atoms with Gasteiger partial charge in [0.1, 0.15) is 0 Å². The van der Waals surface area contributed by atoms with Crippen LogP contribution in [0.3, 0.4) is 0 Å². The molecule has 0 saturated carbocycles. The largest absolute Gasteiger partial charge is 0.392 e. The molecule has 0 bridgehead atoms. The van der Waals surface area contributed by atoms with Crippen LogP contribution in [0.5, 0.6) is 0 Å². The van der Waals surface area contributed by atoms with Gasteiger partial charge in [-0.25, -0.2) is 13.1 Å². The molecule has 5 rings (SSSR count). The van der Waals surface area contributed by atoms with E-state index in [1.807, 2.05) is 72.8 Å². The highest BCUT2D eigenvalue weighted by atomic mass is 32.2. The molecule has 1 aliphatic rings. The Balaban J connectivity index is 1.36. The van der Waals surface area contributed by atoms with Gasteiger partial charge in [0.25, 0.3) is 0 Å². The maximum Gasteiger partial charge on any atom is 0.241 e. The maximum absolute atomic E-state index is 13.3. The Labute approximate surface area is 211 Å². The van der Waals surface area contributed by atoms with Crippen molar-refractivity contribution in [2.75, 3.05) is 0 Å². The Bertz CT molecular complexity index is 1500. The number of fused-ring (bicyclic) bond motifs is 2. The molecule has 1 aliphatic carbocycles. The molecule has 0 spiro atoms. The van der Waals surface area contributed by atoms with Gasteiger partial charge in [0, 0.05) is 6.42 Å². The highest BCUT2D eigenvalue weighted by Crippen LogP contribution is 2.32. The van der Waals surface area contributed by atoms with Crippen LogP contribution in [-0.2, 0) is 27.8 Å². The number of sulfonamides is 1. The second-order valence-corrected chi connectivity index (χ2v) is 10.9. The zero-order valence-corrected chi connectivity index (χ0v) is 20.5.